The largest absolute Gasteiger partial charge is 0.394 e. The quantitative estimate of drug-likeness (QED) is 0.911. The second-order valence-electron chi connectivity index (χ2n) is 5.56. The fourth-order valence-corrected chi connectivity index (χ4v) is 4.02. The molecule has 116 valence electrons. The van der Waals surface area contributed by atoms with E-state index in [1.165, 1.54) is 12.1 Å². The Labute approximate surface area is 132 Å². The minimum absolute atomic E-state index is 0.106. The van der Waals surface area contributed by atoms with Gasteiger partial charge in [-0.1, -0.05) is 0 Å². The summed E-state index contributed by atoms with van der Waals surface area (Å²) in [6.07, 6.45) is 4.56. The predicted octanol–water partition coefficient (Wildman–Crippen LogP) is 2.36. The van der Waals surface area contributed by atoms with Crippen molar-refractivity contribution in [2.24, 2.45) is 0 Å². The maximum Gasteiger partial charge on any atom is 0.252 e. The molecular formula is C16H17FN2O2S. The minimum atomic E-state index is -0.608. The second-order valence-corrected chi connectivity index (χ2v) is 6.78. The first-order chi connectivity index (χ1) is 10.6. The number of aromatic nitrogens is 1. The molecule has 4 nitrogen and oxygen atoms in total. The van der Waals surface area contributed by atoms with Gasteiger partial charge in [0.25, 0.3) is 5.91 Å². The Hall–Kier alpha value is -1.66. The third kappa shape index (κ3) is 2.94. The van der Waals surface area contributed by atoms with Crippen molar-refractivity contribution in [3.05, 3.63) is 42.0 Å². The monoisotopic (exact) mass is 320 g/mol. The molecule has 0 aliphatic carbocycles. The average molecular weight is 320 g/mol. The molecule has 1 saturated heterocycles. The second kappa shape index (κ2) is 6.22. The van der Waals surface area contributed by atoms with Crippen LogP contribution in [0.1, 0.15) is 23.2 Å². The van der Waals surface area contributed by atoms with Gasteiger partial charge in [0.2, 0.25) is 0 Å². The van der Waals surface area contributed by atoms with Crippen molar-refractivity contribution in [1.82, 2.24) is 10.3 Å². The molecule has 0 spiro atoms. The van der Waals surface area contributed by atoms with E-state index in [1.54, 1.807) is 18.5 Å². The molecule has 0 unspecified atom stereocenters. The number of thioether (sulfide) groups is 1. The number of carbonyl (C=O) groups excluding carboxylic acids is 1. The zero-order valence-electron chi connectivity index (χ0n) is 12.0. The number of amides is 1. The van der Waals surface area contributed by atoms with Crippen molar-refractivity contribution in [1.29, 1.82) is 0 Å². The first kappa shape index (κ1) is 15.2. The van der Waals surface area contributed by atoms with Gasteiger partial charge in [-0.2, -0.15) is 11.8 Å². The number of carbonyl (C=O) groups is 1. The Morgan fingerprint density at radius 3 is 2.91 bits per heavy atom. The Kier molecular flexibility index (Phi) is 4.31. The molecule has 0 radical (unpaired) electrons. The first-order valence-electron chi connectivity index (χ1n) is 7.18. The van der Waals surface area contributed by atoms with Crippen molar-refractivity contribution in [3.63, 3.8) is 0 Å². The molecule has 1 aliphatic rings. The van der Waals surface area contributed by atoms with E-state index in [1.807, 2.05) is 11.8 Å². The van der Waals surface area contributed by atoms with E-state index >= 15 is 0 Å². The Balaban J connectivity index is 1.95. The standard InChI is InChI=1S/C16H17FN2O2S/c17-12-7-11-1-4-18-9-14(11)13(8-12)15(21)19-16(10-20)2-5-22-6-3-16/h1,4,7-9,20H,2-3,5-6,10H2,(H,19,21). The van der Waals surface area contributed by atoms with Gasteiger partial charge in [0, 0.05) is 17.8 Å². The molecule has 1 aliphatic heterocycles. The Bertz CT molecular complexity index is 702. The highest BCUT2D eigenvalue weighted by molar-refractivity contribution is 7.99. The zero-order valence-corrected chi connectivity index (χ0v) is 12.8. The molecule has 1 amide bonds. The number of nitrogens with zero attached hydrogens (tertiary/aromatic N) is 1. The summed E-state index contributed by atoms with van der Waals surface area (Å²) in [7, 11) is 0. The smallest absolute Gasteiger partial charge is 0.252 e. The number of rotatable bonds is 3. The number of benzene rings is 1. The molecule has 6 heteroatoms. The fourth-order valence-electron chi connectivity index (χ4n) is 2.74. The van der Waals surface area contributed by atoms with Crippen LogP contribution in [0.15, 0.2) is 30.6 Å². The number of halogens is 1. The number of hydrogen-bond donors (Lipinski definition) is 2. The lowest BCUT2D eigenvalue weighted by Crippen LogP contribution is -2.53. The highest BCUT2D eigenvalue weighted by Crippen LogP contribution is 2.28. The van der Waals surface area contributed by atoms with Crippen LogP contribution >= 0.6 is 11.8 Å². The lowest BCUT2D eigenvalue weighted by Gasteiger charge is -2.36. The third-order valence-electron chi connectivity index (χ3n) is 4.10. The van der Waals surface area contributed by atoms with Gasteiger partial charge < -0.3 is 10.4 Å². The van der Waals surface area contributed by atoms with E-state index in [4.69, 9.17) is 0 Å². The third-order valence-corrected chi connectivity index (χ3v) is 5.08. The summed E-state index contributed by atoms with van der Waals surface area (Å²) in [5.74, 6) is 0.970. The first-order valence-corrected chi connectivity index (χ1v) is 8.33. The lowest BCUT2D eigenvalue weighted by molar-refractivity contribution is 0.0818. The van der Waals surface area contributed by atoms with E-state index in [0.29, 0.717) is 23.6 Å². The Morgan fingerprint density at radius 1 is 1.41 bits per heavy atom. The molecule has 0 saturated carbocycles. The van der Waals surface area contributed by atoms with Crippen molar-refractivity contribution < 1.29 is 14.3 Å². The van der Waals surface area contributed by atoms with Crippen LogP contribution in [0.25, 0.3) is 10.8 Å². The van der Waals surface area contributed by atoms with E-state index in [2.05, 4.69) is 10.3 Å². The van der Waals surface area contributed by atoms with Crippen LogP contribution in [0.4, 0.5) is 4.39 Å². The molecule has 2 heterocycles. The molecule has 1 aromatic heterocycles. The fraction of sp³-hybridized carbons (Fsp3) is 0.375. The number of aliphatic hydroxyl groups is 1. The summed E-state index contributed by atoms with van der Waals surface area (Å²) in [6.45, 7) is -0.106. The number of pyridine rings is 1. The van der Waals surface area contributed by atoms with E-state index < -0.39 is 11.4 Å². The Morgan fingerprint density at radius 2 is 2.18 bits per heavy atom. The summed E-state index contributed by atoms with van der Waals surface area (Å²) < 4.78 is 13.8. The summed E-state index contributed by atoms with van der Waals surface area (Å²) in [4.78, 5) is 16.6. The molecule has 3 rings (SSSR count). The molecule has 2 N–H and O–H groups in total. The number of fused-ring (bicyclic) bond motifs is 1. The van der Waals surface area contributed by atoms with Gasteiger partial charge in [0.05, 0.1) is 17.7 Å². The molecule has 0 bridgehead atoms. The van der Waals surface area contributed by atoms with E-state index in [9.17, 15) is 14.3 Å². The van der Waals surface area contributed by atoms with Gasteiger partial charge >= 0.3 is 0 Å². The van der Waals surface area contributed by atoms with Gasteiger partial charge in [0.1, 0.15) is 5.82 Å². The van der Waals surface area contributed by atoms with Gasteiger partial charge in [-0.15, -0.1) is 0 Å². The van der Waals surface area contributed by atoms with Gasteiger partial charge in [-0.25, -0.2) is 4.39 Å². The van der Waals surface area contributed by atoms with E-state index in [0.717, 1.165) is 11.5 Å². The number of aliphatic hydroxyl groups excluding tert-OH is 1. The van der Waals surface area contributed by atoms with Crippen LogP contribution in [-0.4, -0.2) is 39.6 Å². The molecule has 22 heavy (non-hydrogen) atoms. The summed E-state index contributed by atoms with van der Waals surface area (Å²) in [5, 5.41) is 13.9. The predicted molar refractivity (Wildman–Crippen MR) is 85.5 cm³/mol. The van der Waals surface area contributed by atoms with Crippen molar-refractivity contribution >= 4 is 28.4 Å². The summed E-state index contributed by atoms with van der Waals surface area (Å²) >= 11 is 1.81. The number of hydrogen-bond acceptors (Lipinski definition) is 4. The maximum atomic E-state index is 13.8. The van der Waals surface area contributed by atoms with Crippen LogP contribution < -0.4 is 5.32 Å². The van der Waals surface area contributed by atoms with Gasteiger partial charge in [-0.05, 0) is 47.9 Å². The maximum absolute atomic E-state index is 13.8. The van der Waals surface area contributed by atoms with Crippen LogP contribution in [0.3, 0.4) is 0 Å². The highest BCUT2D eigenvalue weighted by atomic mass is 32.2. The minimum Gasteiger partial charge on any atom is -0.394 e. The van der Waals surface area contributed by atoms with Crippen molar-refractivity contribution in [2.45, 2.75) is 18.4 Å². The van der Waals surface area contributed by atoms with Crippen molar-refractivity contribution in [2.75, 3.05) is 18.1 Å². The van der Waals surface area contributed by atoms with Crippen LogP contribution in [0.2, 0.25) is 0 Å². The molecule has 2 aromatic rings. The van der Waals surface area contributed by atoms with Crippen LogP contribution in [0, 0.1) is 5.82 Å². The number of nitrogens with one attached hydrogen (secondary N) is 1. The molecule has 0 atom stereocenters. The topological polar surface area (TPSA) is 62.2 Å². The normalized spacial score (nSPS) is 17.4. The summed E-state index contributed by atoms with van der Waals surface area (Å²) in [5.41, 5.74) is -0.349. The summed E-state index contributed by atoms with van der Waals surface area (Å²) in [6, 6.07) is 4.28. The molecule has 1 fully saturated rings. The van der Waals surface area contributed by atoms with E-state index in [-0.39, 0.29) is 18.1 Å². The molecular weight excluding hydrogens is 303 g/mol. The van der Waals surface area contributed by atoms with Gasteiger partial charge in [0.15, 0.2) is 0 Å². The highest BCUT2D eigenvalue weighted by Gasteiger charge is 2.33. The van der Waals surface area contributed by atoms with Crippen LogP contribution in [0.5, 0.6) is 0 Å². The van der Waals surface area contributed by atoms with Crippen LogP contribution in [-0.2, 0) is 0 Å². The average Bonchev–Trinajstić information content (AvgIpc) is 2.54. The lowest BCUT2D eigenvalue weighted by atomic mass is 9.92. The SMILES string of the molecule is O=C(NC1(CO)CCSCC1)c1cc(F)cc2ccncc12. The van der Waals surface area contributed by atoms with Gasteiger partial charge in [-0.3, -0.25) is 9.78 Å². The zero-order chi connectivity index (χ0) is 15.6. The van der Waals surface area contributed by atoms with Crippen molar-refractivity contribution in [3.8, 4) is 0 Å². The molecule has 1 aromatic carbocycles.